The molecular weight excluding hydrogens is 178 g/mol. The van der Waals surface area contributed by atoms with E-state index in [0.717, 1.165) is 25.3 Å². The van der Waals surface area contributed by atoms with E-state index in [1.54, 1.807) is 0 Å². The van der Waals surface area contributed by atoms with E-state index in [1.165, 1.54) is 32.1 Å². The molecule has 0 aromatic carbocycles. The number of rotatable bonds is 8. The first-order chi connectivity index (χ1) is 6.93. The second kappa shape index (κ2) is 7.50. The highest BCUT2D eigenvalue weighted by Crippen LogP contribution is 1.97. The molecule has 0 radical (unpaired) electrons. The number of aromatic nitrogens is 2. The van der Waals surface area contributed by atoms with Crippen LogP contribution in [-0.4, -0.2) is 23.2 Å². The van der Waals surface area contributed by atoms with Crippen molar-refractivity contribution < 1.29 is 4.52 Å². The fraction of sp³-hybridized carbons (Fsp3) is 0.800. The summed E-state index contributed by atoms with van der Waals surface area (Å²) in [6.07, 6.45) is 7.45. The molecule has 0 saturated heterocycles. The Bertz CT molecular complexity index is 211. The van der Waals surface area contributed by atoms with Crippen LogP contribution in [0.1, 0.15) is 38.4 Å². The SMILES string of the molecule is CCCCCCNCCc1ncon1. The number of nitrogens with one attached hydrogen (secondary N) is 1. The van der Waals surface area contributed by atoms with E-state index in [9.17, 15) is 0 Å². The van der Waals surface area contributed by atoms with Crippen LogP contribution in [0.2, 0.25) is 0 Å². The topological polar surface area (TPSA) is 51.0 Å². The summed E-state index contributed by atoms with van der Waals surface area (Å²) in [4.78, 5) is 3.95. The second-order valence-corrected chi connectivity index (χ2v) is 3.41. The quantitative estimate of drug-likeness (QED) is 0.645. The van der Waals surface area contributed by atoms with Gasteiger partial charge in [-0.25, -0.2) is 0 Å². The van der Waals surface area contributed by atoms with Gasteiger partial charge in [-0.15, -0.1) is 0 Å². The molecular formula is C10H19N3O. The number of nitrogens with zero attached hydrogens (tertiary/aromatic N) is 2. The summed E-state index contributed by atoms with van der Waals surface area (Å²) < 4.78 is 4.64. The van der Waals surface area contributed by atoms with Crippen molar-refractivity contribution >= 4 is 0 Å². The Labute approximate surface area is 85.1 Å². The minimum Gasteiger partial charge on any atom is -0.343 e. The van der Waals surface area contributed by atoms with Crippen molar-refractivity contribution in [3.05, 3.63) is 12.2 Å². The third-order valence-corrected chi connectivity index (χ3v) is 2.14. The van der Waals surface area contributed by atoms with Gasteiger partial charge in [-0.3, -0.25) is 0 Å². The van der Waals surface area contributed by atoms with Crippen molar-refractivity contribution in [3.63, 3.8) is 0 Å². The first-order valence-corrected chi connectivity index (χ1v) is 5.39. The van der Waals surface area contributed by atoms with Crippen molar-refractivity contribution in [2.75, 3.05) is 13.1 Å². The monoisotopic (exact) mass is 197 g/mol. The molecule has 0 aliphatic carbocycles. The van der Waals surface area contributed by atoms with E-state index < -0.39 is 0 Å². The summed E-state index contributed by atoms with van der Waals surface area (Å²) >= 11 is 0. The van der Waals surface area contributed by atoms with Crippen LogP contribution in [0, 0.1) is 0 Å². The van der Waals surface area contributed by atoms with Gasteiger partial charge >= 0.3 is 0 Å². The summed E-state index contributed by atoms with van der Waals surface area (Å²) in [5.41, 5.74) is 0. The number of unbranched alkanes of at least 4 members (excludes halogenated alkanes) is 3. The lowest BCUT2D eigenvalue weighted by molar-refractivity contribution is 0.409. The number of hydrogen-bond acceptors (Lipinski definition) is 4. The normalized spacial score (nSPS) is 10.6. The lowest BCUT2D eigenvalue weighted by atomic mass is 10.2. The van der Waals surface area contributed by atoms with Gasteiger partial charge in [-0.1, -0.05) is 31.3 Å². The Morgan fingerprint density at radius 1 is 1.29 bits per heavy atom. The van der Waals surface area contributed by atoms with Gasteiger partial charge in [-0.2, -0.15) is 4.98 Å². The predicted molar refractivity (Wildman–Crippen MR) is 55.0 cm³/mol. The van der Waals surface area contributed by atoms with Crippen molar-refractivity contribution in [1.82, 2.24) is 15.5 Å². The van der Waals surface area contributed by atoms with Gasteiger partial charge < -0.3 is 9.84 Å². The van der Waals surface area contributed by atoms with E-state index in [0.29, 0.717) is 0 Å². The van der Waals surface area contributed by atoms with Crippen LogP contribution in [0.15, 0.2) is 10.9 Å². The van der Waals surface area contributed by atoms with E-state index in [2.05, 4.69) is 26.9 Å². The van der Waals surface area contributed by atoms with Gasteiger partial charge in [0.05, 0.1) is 0 Å². The maximum Gasteiger partial charge on any atom is 0.213 e. The third-order valence-electron chi connectivity index (χ3n) is 2.14. The molecule has 1 aromatic rings. The molecule has 4 nitrogen and oxygen atoms in total. The fourth-order valence-corrected chi connectivity index (χ4v) is 1.30. The summed E-state index contributed by atoms with van der Waals surface area (Å²) in [6.45, 7) is 4.26. The standard InChI is InChI=1S/C10H19N3O/c1-2-3-4-5-7-11-8-6-10-12-9-14-13-10/h9,11H,2-8H2,1H3. The van der Waals surface area contributed by atoms with Crippen LogP contribution in [0.4, 0.5) is 0 Å². The Balaban J connectivity index is 1.85. The van der Waals surface area contributed by atoms with Crippen molar-refractivity contribution in [2.24, 2.45) is 0 Å². The molecule has 0 amide bonds. The highest BCUT2D eigenvalue weighted by molar-refractivity contribution is 4.78. The molecule has 0 unspecified atom stereocenters. The molecule has 14 heavy (non-hydrogen) atoms. The zero-order valence-electron chi connectivity index (χ0n) is 8.83. The van der Waals surface area contributed by atoms with E-state index in [4.69, 9.17) is 0 Å². The Hall–Kier alpha value is -0.900. The number of hydrogen-bond donors (Lipinski definition) is 1. The van der Waals surface area contributed by atoms with Crippen molar-refractivity contribution in [3.8, 4) is 0 Å². The first kappa shape index (κ1) is 11.2. The molecule has 0 fully saturated rings. The van der Waals surface area contributed by atoms with Gasteiger partial charge in [0.2, 0.25) is 6.39 Å². The molecule has 80 valence electrons. The van der Waals surface area contributed by atoms with Crippen LogP contribution in [0.25, 0.3) is 0 Å². The average molecular weight is 197 g/mol. The zero-order valence-corrected chi connectivity index (χ0v) is 8.83. The van der Waals surface area contributed by atoms with Gasteiger partial charge in [0.25, 0.3) is 0 Å². The summed E-state index contributed by atoms with van der Waals surface area (Å²) in [5.74, 6) is 0.783. The van der Waals surface area contributed by atoms with Crippen LogP contribution >= 0.6 is 0 Å². The first-order valence-electron chi connectivity index (χ1n) is 5.39. The lowest BCUT2D eigenvalue weighted by Crippen LogP contribution is -2.18. The summed E-state index contributed by atoms with van der Waals surface area (Å²) in [6, 6.07) is 0. The molecule has 1 rings (SSSR count). The largest absolute Gasteiger partial charge is 0.343 e. The molecule has 0 bridgehead atoms. The summed E-state index contributed by atoms with van der Waals surface area (Å²) in [7, 11) is 0. The fourth-order valence-electron chi connectivity index (χ4n) is 1.30. The molecule has 0 saturated carbocycles. The third kappa shape index (κ3) is 4.97. The van der Waals surface area contributed by atoms with Crippen LogP contribution in [-0.2, 0) is 6.42 Å². The molecule has 1 N–H and O–H groups in total. The minimum atomic E-state index is 0.783. The van der Waals surface area contributed by atoms with Gasteiger partial charge in [-0.05, 0) is 13.0 Å². The van der Waals surface area contributed by atoms with Crippen LogP contribution in [0.3, 0.4) is 0 Å². The molecule has 0 spiro atoms. The highest BCUT2D eigenvalue weighted by Gasteiger charge is 1.96. The zero-order chi connectivity index (χ0) is 10.1. The van der Waals surface area contributed by atoms with Crippen LogP contribution in [0.5, 0.6) is 0 Å². The molecule has 1 heterocycles. The molecule has 0 aliphatic heterocycles. The minimum absolute atomic E-state index is 0.783. The van der Waals surface area contributed by atoms with E-state index >= 15 is 0 Å². The van der Waals surface area contributed by atoms with E-state index in [1.807, 2.05) is 0 Å². The maximum absolute atomic E-state index is 4.64. The molecule has 0 aliphatic rings. The van der Waals surface area contributed by atoms with E-state index in [-0.39, 0.29) is 0 Å². The van der Waals surface area contributed by atoms with Gasteiger partial charge in [0, 0.05) is 13.0 Å². The Morgan fingerprint density at radius 2 is 2.21 bits per heavy atom. The highest BCUT2D eigenvalue weighted by atomic mass is 16.5. The summed E-state index contributed by atoms with van der Waals surface area (Å²) in [5, 5.41) is 7.10. The van der Waals surface area contributed by atoms with Gasteiger partial charge in [0.15, 0.2) is 5.82 Å². The van der Waals surface area contributed by atoms with Gasteiger partial charge in [0.1, 0.15) is 0 Å². The Morgan fingerprint density at radius 3 is 2.93 bits per heavy atom. The smallest absolute Gasteiger partial charge is 0.213 e. The average Bonchev–Trinajstić information content (AvgIpc) is 2.69. The second-order valence-electron chi connectivity index (χ2n) is 3.41. The maximum atomic E-state index is 4.64. The molecule has 4 heteroatoms. The Kier molecular flexibility index (Phi) is 5.99. The van der Waals surface area contributed by atoms with Crippen LogP contribution < -0.4 is 5.32 Å². The van der Waals surface area contributed by atoms with Crippen molar-refractivity contribution in [2.45, 2.75) is 39.0 Å². The molecule has 1 aromatic heterocycles. The van der Waals surface area contributed by atoms with Crippen molar-refractivity contribution in [1.29, 1.82) is 0 Å². The molecule has 0 atom stereocenters. The predicted octanol–water partition coefficient (Wildman–Crippen LogP) is 1.78. The lowest BCUT2D eigenvalue weighted by Gasteiger charge is -2.01.